The first-order valence-electron chi connectivity index (χ1n) is 11.4. The maximum absolute atomic E-state index is 13.6. The highest BCUT2D eigenvalue weighted by molar-refractivity contribution is 7.92. The lowest BCUT2D eigenvalue weighted by Crippen LogP contribution is -2.54. The van der Waals surface area contributed by atoms with E-state index >= 15 is 0 Å². The maximum Gasteiger partial charge on any atom is 0.244 e. The third kappa shape index (κ3) is 6.81. The quantitative estimate of drug-likeness (QED) is 0.541. The van der Waals surface area contributed by atoms with Crippen LogP contribution in [-0.2, 0) is 26.2 Å². The Bertz CT molecular complexity index is 1210. The van der Waals surface area contributed by atoms with Crippen LogP contribution in [-0.4, -0.2) is 63.4 Å². The van der Waals surface area contributed by atoms with Crippen molar-refractivity contribution in [1.29, 1.82) is 0 Å². The molecule has 2 aromatic rings. The molecule has 0 unspecified atom stereocenters. The molecule has 0 saturated heterocycles. The second-order valence-corrected chi connectivity index (χ2v) is 11.5. The molecule has 0 radical (unpaired) electrons. The lowest BCUT2D eigenvalue weighted by atomic mass is 10.1. The van der Waals surface area contributed by atoms with Gasteiger partial charge in [0.25, 0.3) is 0 Å². The van der Waals surface area contributed by atoms with Gasteiger partial charge in [-0.2, -0.15) is 0 Å². The highest BCUT2D eigenvalue weighted by Crippen LogP contribution is 2.36. The molecule has 3 rings (SSSR count). The number of benzene rings is 2. The van der Waals surface area contributed by atoms with E-state index in [1.807, 2.05) is 20.8 Å². The molecule has 0 aliphatic carbocycles. The fourth-order valence-electron chi connectivity index (χ4n) is 3.64. The summed E-state index contributed by atoms with van der Waals surface area (Å²) in [7, 11) is -2.29. The van der Waals surface area contributed by atoms with E-state index in [1.165, 1.54) is 11.0 Å². The second-order valence-electron chi connectivity index (χ2n) is 9.59. The maximum atomic E-state index is 13.6. The molecule has 36 heavy (non-hydrogen) atoms. The third-order valence-electron chi connectivity index (χ3n) is 5.50. The van der Waals surface area contributed by atoms with Crippen molar-refractivity contribution < 1.29 is 32.2 Å². The summed E-state index contributed by atoms with van der Waals surface area (Å²) in [5.74, 6) is 0.652. The van der Waals surface area contributed by atoms with E-state index < -0.39 is 34.1 Å². The Morgan fingerprint density at radius 2 is 1.72 bits per heavy atom. The number of nitrogens with zero attached hydrogens (tertiary/aromatic N) is 2. The summed E-state index contributed by atoms with van der Waals surface area (Å²) in [5, 5.41) is 2.89. The smallest absolute Gasteiger partial charge is 0.244 e. The Hall–Kier alpha value is -3.47. The van der Waals surface area contributed by atoms with Gasteiger partial charge in [-0.05, 0) is 57.5 Å². The summed E-state index contributed by atoms with van der Waals surface area (Å²) < 4.78 is 42.3. The molecule has 1 aliphatic rings. The number of methoxy groups -OCH3 is 1. The lowest BCUT2D eigenvalue weighted by Gasteiger charge is -2.33. The predicted octanol–water partition coefficient (Wildman–Crippen LogP) is 2.52. The number of carbonyl (C=O) groups is 2. The first kappa shape index (κ1) is 27.1. The molecule has 0 bridgehead atoms. The molecule has 0 spiro atoms. The van der Waals surface area contributed by atoms with Gasteiger partial charge < -0.3 is 24.4 Å². The standard InChI is InChI=1S/C25H33N3O7S/c1-17(24(30)26-25(2,3)4)27(14-18-7-10-20(33-5)11-8-18)23(29)15-28(36(6,31)32)19-9-12-21-22(13-19)35-16-34-21/h7-13,17H,14-16H2,1-6H3,(H,26,30)/t17-/m1/s1. The molecule has 1 N–H and O–H groups in total. The summed E-state index contributed by atoms with van der Waals surface area (Å²) in [6.45, 7) is 6.79. The fourth-order valence-corrected chi connectivity index (χ4v) is 4.48. The summed E-state index contributed by atoms with van der Waals surface area (Å²) in [6, 6.07) is 10.9. The Kier molecular flexibility index (Phi) is 8.02. The van der Waals surface area contributed by atoms with E-state index in [2.05, 4.69) is 5.32 Å². The van der Waals surface area contributed by atoms with Gasteiger partial charge in [-0.3, -0.25) is 13.9 Å². The molecule has 2 aromatic carbocycles. The molecule has 0 aromatic heterocycles. The number of hydrogen-bond acceptors (Lipinski definition) is 7. The van der Waals surface area contributed by atoms with Crippen LogP contribution in [0.3, 0.4) is 0 Å². The van der Waals surface area contributed by atoms with Crippen molar-refractivity contribution in [1.82, 2.24) is 10.2 Å². The van der Waals surface area contributed by atoms with Crippen LogP contribution < -0.4 is 23.8 Å². The van der Waals surface area contributed by atoms with Gasteiger partial charge in [0, 0.05) is 18.2 Å². The van der Waals surface area contributed by atoms with E-state index in [4.69, 9.17) is 14.2 Å². The Morgan fingerprint density at radius 1 is 1.08 bits per heavy atom. The largest absolute Gasteiger partial charge is 0.497 e. The SMILES string of the molecule is COc1ccc(CN(C(=O)CN(c2ccc3c(c2)OCO3)S(C)(=O)=O)[C@H](C)C(=O)NC(C)(C)C)cc1. The van der Waals surface area contributed by atoms with Crippen LogP contribution in [0.1, 0.15) is 33.3 Å². The van der Waals surface area contributed by atoms with E-state index in [1.54, 1.807) is 50.4 Å². The van der Waals surface area contributed by atoms with Crippen LogP contribution in [0.5, 0.6) is 17.2 Å². The van der Waals surface area contributed by atoms with Crippen LogP contribution in [0.4, 0.5) is 5.69 Å². The third-order valence-corrected chi connectivity index (χ3v) is 6.64. The van der Waals surface area contributed by atoms with Crippen molar-refractivity contribution in [2.75, 3.05) is 31.0 Å². The Labute approximate surface area is 212 Å². The van der Waals surface area contributed by atoms with Crippen LogP contribution in [0, 0.1) is 0 Å². The minimum Gasteiger partial charge on any atom is -0.497 e. The van der Waals surface area contributed by atoms with Gasteiger partial charge in [0.15, 0.2) is 11.5 Å². The molecule has 1 aliphatic heterocycles. The van der Waals surface area contributed by atoms with Crippen molar-refractivity contribution in [2.45, 2.75) is 45.8 Å². The van der Waals surface area contributed by atoms with Crippen LogP contribution in [0.25, 0.3) is 0 Å². The first-order valence-corrected chi connectivity index (χ1v) is 13.2. The lowest BCUT2D eigenvalue weighted by molar-refractivity contribution is -0.140. The van der Waals surface area contributed by atoms with Crippen molar-refractivity contribution in [3.63, 3.8) is 0 Å². The predicted molar refractivity (Wildman–Crippen MR) is 136 cm³/mol. The number of rotatable bonds is 9. The van der Waals surface area contributed by atoms with Gasteiger partial charge >= 0.3 is 0 Å². The average molecular weight is 520 g/mol. The number of amides is 2. The topological polar surface area (TPSA) is 114 Å². The second kappa shape index (κ2) is 10.7. The van der Waals surface area contributed by atoms with Crippen molar-refractivity contribution in [3.8, 4) is 17.2 Å². The highest BCUT2D eigenvalue weighted by atomic mass is 32.2. The number of sulfonamides is 1. The van der Waals surface area contributed by atoms with E-state index in [9.17, 15) is 18.0 Å². The molecule has 11 heteroatoms. The molecule has 2 amide bonds. The fraction of sp³-hybridized carbons (Fsp3) is 0.440. The minimum atomic E-state index is -3.85. The molecule has 0 saturated carbocycles. The number of anilines is 1. The van der Waals surface area contributed by atoms with Gasteiger partial charge in [-0.1, -0.05) is 12.1 Å². The van der Waals surface area contributed by atoms with Crippen molar-refractivity contribution in [3.05, 3.63) is 48.0 Å². The number of carbonyl (C=O) groups excluding carboxylic acids is 2. The number of hydrogen-bond donors (Lipinski definition) is 1. The average Bonchev–Trinajstić information content (AvgIpc) is 3.26. The van der Waals surface area contributed by atoms with Crippen LogP contribution in [0.2, 0.25) is 0 Å². The van der Waals surface area contributed by atoms with E-state index in [0.29, 0.717) is 17.2 Å². The molecule has 196 valence electrons. The van der Waals surface area contributed by atoms with Gasteiger partial charge in [0.2, 0.25) is 28.6 Å². The Morgan fingerprint density at radius 3 is 2.31 bits per heavy atom. The molecule has 10 nitrogen and oxygen atoms in total. The molecule has 1 heterocycles. The highest BCUT2D eigenvalue weighted by Gasteiger charge is 2.32. The normalized spacial score (nSPS) is 13.6. The Balaban J connectivity index is 1.91. The van der Waals surface area contributed by atoms with E-state index in [0.717, 1.165) is 16.1 Å². The summed E-state index contributed by atoms with van der Waals surface area (Å²) in [5.41, 5.74) is 0.505. The zero-order valence-corrected chi connectivity index (χ0v) is 22.2. The summed E-state index contributed by atoms with van der Waals surface area (Å²) in [4.78, 5) is 28.0. The number of ether oxygens (including phenoxy) is 3. The van der Waals surface area contributed by atoms with Gasteiger partial charge in [-0.25, -0.2) is 8.42 Å². The monoisotopic (exact) mass is 519 g/mol. The van der Waals surface area contributed by atoms with Crippen molar-refractivity contribution >= 4 is 27.5 Å². The first-order chi connectivity index (χ1) is 16.8. The van der Waals surface area contributed by atoms with Gasteiger partial charge in [0.1, 0.15) is 18.3 Å². The van der Waals surface area contributed by atoms with Gasteiger partial charge in [0.05, 0.1) is 19.1 Å². The van der Waals surface area contributed by atoms with Gasteiger partial charge in [-0.15, -0.1) is 0 Å². The van der Waals surface area contributed by atoms with Crippen LogP contribution >= 0.6 is 0 Å². The summed E-state index contributed by atoms with van der Waals surface area (Å²) >= 11 is 0. The number of nitrogens with one attached hydrogen (secondary N) is 1. The summed E-state index contributed by atoms with van der Waals surface area (Å²) in [6.07, 6.45) is 1.02. The number of fused-ring (bicyclic) bond motifs is 1. The zero-order valence-electron chi connectivity index (χ0n) is 21.4. The van der Waals surface area contributed by atoms with Crippen LogP contribution in [0.15, 0.2) is 42.5 Å². The minimum absolute atomic E-state index is 0.0344. The molecular formula is C25H33N3O7S. The zero-order chi connectivity index (χ0) is 26.7. The molecule has 0 fully saturated rings. The molecule has 1 atom stereocenters. The van der Waals surface area contributed by atoms with E-state index in [-0.39, 0.29) is 24.9 Å². The molecular weight excluding hydrogens is 486 g/mol. The van der Waals surface area contributed by atoms with Crippen molar-refractivity contribution in [2.24, 2.45) is 0 Å².